The van der Waals surface area contributed by atoms with Crippen molar-refractivity contribution in [3.8, 4) is 0 Å². The summed E-state index contributed by atoms with van der Waals surface area (Å²) in [6.45, 7) is 0.871. The molecule has 0 unspecified atom stereocenters. The molecule has 3 aromatic rings. The minimum atomic E-state index is -1.16. The molecule has 7 heteroatoms. The highest BCUT2D eigenvalue weighted by Crippen LogP contribution is 2.23. The van der Waals surface area contributed by atoms with Crippen LogP contribution < -0.4 is 11.5 Å². The molecule has 1 aromatic heterocycles. The molecular weight excluding hydrogens is 317 g/mol. The Morgan fingerprint density at radius 1 is 1.04 bits per heavy atom. The summed E-state index contributed by atoms with van der Waals surface area (Å²) < 4.78 is 38.1. The Morgan fingerprint density at radius 3 is 2.54 bits per heavy atom. The van der Waals surface area contributed by atoms with Crippen LogP contribution in [0.5, 0.6) is 0 Å². The fraction of sp³-hybridized carbons (Fsp3) is 0.235. The van der Waals surface area contributed by atoms with Gasteiger partial charge in [-0.15, -0.1) is 0 Å². The van der Waals surface area contributed by atoms with E-state index in [-0.39, 0.29) is 6.04 Å². The maximum Gasteiger partial charge on any atom is 0.161 e. The van der Waals surface area contributed by atoms with E-state index in [4.69, 9.17) is 11.5 Å². The van der Waals surface area contributed by atoms with Gasteiger partial charge in [-0.2, -0.15) is 0 Å². The zero-order valence-corrected chi connectivity index (χ0v) is 12.8. The summed E-state index contributed by atoms with van der Waals surface area (Å²) in [4.78, 5) is 4.58. The molecule has 4 N–H and O–H groups in total. The third-order valence-electron chi connectivity index (χ3n) is 3.89. The second-order valence-corrected chi connectivity index (χ2v) is 5.74. The fourth-order valence-electron chi connectivity index (χ4n) is 2.70. The predicted molar refractivity (Wildman–Crippen MR) is 86.8 cm³/mol. The molecule has 0 saturated heterocycles. The Labute approximate surface area is 136 Å². The average Bonchev–Trinajstić information content (AvgIpc) is 2.88. The number of aromatic nitrogens is 2. The second-order valence-electron chi connectivity index (χ2n) is 5.74. The molecule has 0 saturated carbocycles. The van der Waals surface area contributed by atoms with Crippen LogP contribution in [0.25, 0.3) is 11.0 Å². The van der Waals surface area contributed by atoms with Crippen LogP contribution in [0.4, 0.5) is 18.9 Å². The quantitative estimate of drug-likeness (QED) is 0.490. The van der Waals surface area contributed by atoms with Crippen molar-refractivity contribution < 1.29 is 13.2 Å². The highest BCUT2D eigenvalue weighted by Gasteiger charge is 2.18. The number of benzene rings is 2. The van der Waals surface area contributed by atoms with E-state index in [9.17, 15) is 13.2 Å². The van der Waals surface area contributed by atoms with Gasteiger partial charge in [-0.25, -0.2) is 18.2 Å². The van der Waals surface area contributed by atoms with E-state index < -0.39 is 17.5 Å². The molecule has 2 heterocycles. The van der Waals surface area contributed by atoms with Crippen molar-refractivity contribution in [3.05, 3.63) is 59.7 Å². The topological polar surface area (TPSA) is 69.9 Å². The molecule has 0 bridgehead atoms. The first-order valence-electron chi connectivity index (χ1n) is 7.55. The van der Waals surface area contributed by atoms with E-state index in [1.54, 1.807) is 0 Å². The minimum Gasteiger partial charge on any atom is -0.399 e. The van der Waals surface area contributed by atoms with Crippen LogP contribution in [-0.2, 0) is 13.0 Å². The number of hydrogen-bond donors (Lipinski definition) is 2. The number of aryl methyl sites for hydroxylation is 1. The van der Waals surface area contributed by atoms with Gasteiger partial charge >= 0.3 is 0 Å². The van der Waals surface area contributed by atoms with E-state index in [1.807, 2.05) is 18.2 Å². The maximum atomic E-state index is 12.0. The number of anilines is 1. The van der Waals surface area contributed by atoms with Crippen molar-refractivity contribution in [1.29, 1.82) is 0 Å². The Balaban J connectivity index is 0.000000162. The van der Waals surface area contributed by atoms with Gasteiger partial charge in [0.05, 0.1) is 11.0 Å². The van der Waals surface area contributed by atoms with Gasteiger partial charge in [-0.3, -0.25) is 0 Å². The minimum absolute atomic E-state index is 0.257. The third-order valence-corrected chi connectivity index (χ3v) is 3.89. The van der Waals surface area contributed by atoms with Crippen molar-refractivity contribution in [3.63, 3.8) is 0 Å². The number of halogens is 3. The summed E-state index contributed by atoms with van der Waals surface area (Å²) >= 11 is 0. The van der Waals surface area contributed by atoms with E-state index in [0.29, 0.717) is 6.07 Å². The Bertz CT molecular complexity index is 876. The fourth-order valence-corrected chi connectivity index (χ4v) is 2.70. The van der Waals surface area contributed by atoms with Crippen molar-refractivity contribution in [2.24, 2.45) is 5.73 Å². The Morgan fingerprint density at radius 2 is 1.83 bits per heavy atom. The normalized spacial score (nSPS) is 16.4. The lowest BCUT2D eigenvalue weighted by Crippen LogP contribution is -2.31. The standard InChI is InChI=1S/C11H14N4.C6H3F3/c12-7-1-3-10-9(5-7)14-11-4-2-8(13)6-15(10)11;7-4-1-2-5(8)6(9)3-4/h1,3,5,8H,2,4,6,12-13H2;1-3H/t8-;/m1./s1. The number of rotatable bonds is 0. The van der Waals surface area contributed by atoms with Gasteiger partial charge in [0, 0.05) is 30.8 Å². The number of nitrogens with two attached hydrogens (primary N) is 2. The van der Waals surface area contributed by atoms with Gasteiger partial charge in [0.2, 0.25) is 0 Å². The molecule has 0 radical (unpaired) electrons. The van der Waals surface area contributed by atoms with Crippen LogP contribution in [-0.4, -0.2) is 15.6 Å². The highest BCUT2D eigenvalue weighted by molar-refractivity contribution is 5.79. The van der Waals surface area contributed by atoms with E-state index >= 15 is 0 Å². The molecule has 1 atom stereocenters. The smallest absolute Gasteiger partial charge is 0.161 e. The molecule has 0 amide bonds. The van der Waals surface area contributed by atoms with Crippen LogP contribution in [0.1, 0.15) is 12.2 Å². The summed E-state index contributed by atoms with van der Waals surface area (Å²) in [6.07, 6.45) is 1.99. The number of fused-ring (bicyclic) bond motifs is 3. The van der Waals surface area contributed by atoms with Gasteiger partial charge in [0.25, 0.3) is 0 Å². The van der Waals surface area contributed by atoms with Crippen molar-refractivity contribution >= 4 is 16.7 Å². The van der Waals surface area contributed by atoms with Gasteiger partial charge < -0.3 is 16.0 Å². The highest BCUT2D eigenvalue weighted by atomic mass is 19.2. The first-order chi connectivity index (χ1) is 11.4. The van der Waals surface area contributed by atoms with Gasteiger partial charge in [-0.1, -0.05) is 0 Å². The summed E-state index contributed by atoms with van der Waals surface area (Å²) in [6, 6.07) is 8.22. The Hall–Kier alpha value is -2.54. The number of nitrogen functional groups attached to an aromatic ring is 1. The SMILES string of the molecule is Fc1ccc(F)c(F)c1.Nc1ccc2c(c1)nc1n2C[C@H](N)CC1. The molecule has 2 aromatic carbocycles. The van der Waals surface area contributed by atoms with E-state index in [1.165, 1.54) is 0 Å². The molecule has 126 valence electrons. The molecule has 1 aliphatic heterocycles. The molecule has 0 fully saturated rings. The van der Waals surface area contributed by atoms with Crippen molar-refractivity contribution in [2.45, 2.75) is 25.4 Å². The van der Waals surface area contributed by atoms with Crippen molar-refractivity contribution in [2.75, 3.05) is 5.73 Å². The molecule has 0 spiro atoms. The first-order valence-corrected chi connectivity index (χ1v) is 7.55. The summed E-state index contributed by atoms with van der Waals surface area (Å²) in [5, 5.41) is 0. The Kier molecular flexibility index (Phi) is 4.44. The molecule has 1 aliphatic rings. The van der Waals surface area contributed by atoms with Gasteiger partial charge in [0.15, 0.2) is 11.6 Å². The summed E-state index contributed by atoms with van der Waals surface area (Å²) in [5.74, 6) is -1.82. The van der Waals surface area contributed by atoms with Crippen LogP contribution in [0.2, 0.25) is 0 Å². The van der Waals surface area contributed by atoms with Crippen LogP contribution in [0.3, 0.4) is 0 Å². The van der Waals surface area contributed by atoms with Crippen LogP contribution in [0.15, 0.2) is 36.4 Å². The summed E-state index contributed by atoms with van der Waals surface area (Å²) in [5.41, 5.74) is 14.6. The zero-order valence-electron chi connectivity index (χ0n) is 12.8. The largest absolute Gasteiger partial charge is 0.399 e. The lowest BCUT2D eigenvalue weighted by Gasteiger charge is -2.20. The van der Waals surface area contributed by atoms with Gasteiger partial charge in [0.1, 0.15) is 11.6 Å². The zero-order chi connectivity index (χ0) is 17.3. The molecular formula is C17H17F3N4. The van der Waals surface area contributed by atoms with Crippen LogP contribution >= 0.6 is 0 Å². The van der Waals surface area contributed by atoms with Crippen molar-refractivity contribution in [1.82, 2.24) is 9.55 Å². The van der Waals surface area contributed by atoms with E-state index in [0.717, 1.165) is 54.1 Å². The number of imidazole rings is 1. The lowest BCUT2D eigenvalue weighted by atomic mass is 10.1. The van der Waals surface area contributed by atoms with E-state index in [2.05, 4.69) is 9.55 Å². The molecule has 0 aliphatic carbocycles. The maximum absolute atomic E-state index is 12.0. The average molecular weight is 334 g/mol. The number of hydrogen-bond acceptors (Lipinski definition) is 3. The summed E-state index contributed by atoms with van der Waals surface area (Å²) in [7, 11) is 0. The van der Waals surface area contributed by atoms with Gasteiger partial charge in [-0.05, 0) is 36.8 Å². The predicted octanol–water partition coefficient (Wildman–Crippen LogP) is 3.00. The lowest BCUT2D eigenvalue weighted by molar-refractivity contribution is 0.461. The second kappa shape index (κ2) is 6.52. The third kappa shape index (κ3) is 3.35. The molecule has 24 heavy (non-hydrogen) atoms. The molecule has 4 rings (SSSR count). The van der Waals surface area contributed by atoms with Crippen LogP contribution in [0, 0.1) is 17.5 Å². The molecule has 4 nitrogen and oxygen atoms in total. The monoisotopic (exact) mass is 334 g/mol. The number of nitrogens with zero attached hydrogens (tertiary/aromatic N) is 2. The first kappa shape index (κ1) is 16.3.